The zero-order valence-electron chi connectivity index (χ0n) is 19.6. The van der Waals surface area contributed by atoms with E-state index in [9.17, 15) is 18.3 Å². The standard InChI is InChI=1S/C29H30F3NO2/c30-29(31,32)23-10-8-22(9-11-23)14-17-33-18-16-28(15-4-7-21-5-2-1-3-6-21)25-19-24(34)12-13-26(25)35-27(28)20-33/h1-3,5-6,8-13,19,27,34H,4,7,14-18,20H2/t27-,28-/m0/s1. The van der Waals surface area contributed by atoms with Gasteiger partial charge in [0.1, 0.15) is 17.6 Å². The van der Waals surface area contributed by atoms with Crippen LogP contribution in [-0.2, 0) is 24.4 Å². The van der Waals surface area contributed by atoms with Crippen molar-refractivity contribution in [3.05, 3.63) is 95.1 Å². The van der Waals surface area contributed by atoms with Crippen molar-refractivity contribution in [1.29, 1.82) is 0 Å². The van der Waals surface area contributed by atoms with E-state index < -0.39 is 11.7 Å². The highest BCUT2D eigenvalue weighted by Crippen LogP contribution is 2.51. The van der Waals surface area contributed by atoms with Crippen LogP contribution in [0.5, 0.6) is 11.5 Å². The molecular formula is C29H30F3NO2. The lowest BCUT2D eigenvalue weighted by Gasteiger charge is -2.43. The summed E-state index contributed by atoms with van der Waals surface area (Å²) in [5, 5.41) is 10.2. The third kappa shape index (κ3) is 5.03. The first kappa shape index (κ1) is 23.7. The van der Waals surface area contributed by atoms with E-state index in [-0.39, 0.29) is 17.3 Å². The van der Waals surface area contributed by atoms with Crippen molar-refractivity contribution in [2.24, 2.45) is 0 Å². The summed E-state index contributed by atoms with van der Waals surface area (Å²) in [5.74, 6) is 1.12. The first-order valence-corrected chi connectivity index (χ1v) is 12.3. The number of nitrogens with zero attached hydrogens (tertiary/aromatic N) is 1. The van der Waals surface area contributed by atoms with E-state index in [1.165, 1.54) is 5.56 Å². The van der Waals surface area contributed by atoms with Gasteiger partial charge >= 0.3 is 6.18 Å². The van der Waals surface area contributed by atoms with Gasteiger partial charge in [0.2, 0.25) is 0 Å². The van der Waals surface area contributed by atoms with Gasteiger partial charge < -0.3 is 9.84 Å². The summed E-state index contributed by atoms with van der Waals surface area (Å²) in [5.41, 5.74) is 2.59. The Morgan fingerprint density at radius 2 is 1.69 bits per heavy atom. The molecule has 0 amide bonds. The number of halogens is 3. The Kier molecular flexibility index (Phi) is 6.49. The van der Waals surface area contributed by atoms with E-state index in [0.717, 1.165) is 74.3 Å². The molecule has 2 heterocycles. The fourth-order valence-electron chi connectivity index (χ4n) is 5.66. The summed E-state index contributed by atoms with van der Waals surface area (Å²) < 4.78 is 45.0. The number of rotatable bonds is 7. The van der Waals surface area contributed by atoms with Crippen molar-refractivity contribution in [3.8, 4) is 11.5 Å². The third-order valence-electron chi connectivity index (χ3n) is 7.61. The summed E-state index contributed by atoms with van der Waals surface area (Å²) in [6.45, 7) is 2.43. The minimum Gasteiger partial charge on any atom is -0.508 e. The molecule has 5 rings (SSSR count). The van der Waals surface area contributed by atoms with E-state index in [2.05, 4.69) is 29.2 Å². The van der Waals surface area contributed by atoms with Crippen molar-refractivity contribution >= 4 is 0 Å². The highest BCUT2D eigenvalue weighted by atomic mass is 19.4. The number of likely N-dealkylation sites (tertiary alicyclic amines) is 1. The maximum absolute atomic E-state index is 12.8. The molecule has 2 aliphatic rings. The van der Waals surface area contributed by atoms with Crippen LogP contribution in [0.4, 0.5) is 13.2 Å². The predicted molar refractivity (Wildman–Crippen MR) is 130 cm³/mol. The molecule has 6 heteroatoms. The number of hydrogen-bond donors (Lipinski definition) is 1. The van der Waals surface area contributed by atoms with Crippen LogP contribution in [0.25, 0.3) is 0 Å². The molecule has 0 spiro atoms. The molecule has 2 atom stereocenters. The van der Waals surface area contributed by atoms with E-state index in [4.69, 9.17) is 4.74 Å². The highest BCUT2D eigenvalue weighted by molar-refractivity contribution is 5.49. The molecule has 3 nitrogen and oxygen atoms in total. The number of fused-ring (bicyclic) bond motifs is 3. The predicted octanol–water partition coefficient (Wildman–Crippen LogP) is 6.38. The van der Waals surface area contributed by atoms with Crippen molar-refractivity contribution in [2.45, 2.75) is 49.8 Å². The number of aromatic hydroxyl groups is 1. The van der Waals surface area contributed by atoms with Gasteiger partial charge in [-0.3, -0.25) is 4.90 Å². The zero-order chi connectivity index (χ0) is 24.5. The van der Waals surface area contributed by atoms with Crippen LogP contribution in [0.2, 0.25) is 0 Å². The average molecular weight is 482 g/mol. The van der Waals surface area contributed by atoms with Crippen LogP contribution in [0.15, 0.2) is 72.8 Å². The van der Waals surface area contributed by atoms with Gasteiger partial charge in [0, 0.05) is 24.1 Å². The maximum Gasteiger partial charge on any atom is 0.416 e. The highest BCUT2D eigenvalue weighted by Gasteiger charge is 2.51. The summed E-state index contributed by atoms with van der Waals surface area (Å²) >= 11 is 0. The Bertz CT molecular complexity index is 1150. The van der Waals surface area contributed by atoms with Gasteiger partial charge in [-0.15, -0.1) is 0 Å². The minimum absolute atomic E-state index is 0.00331. The number of hydrogen-bond acceptors (Lipinski definition) is 3. The Labute approximate surface area is 204 Å². The van der Waals surface area contributed by atoms with Gasteiger partial charge in [-0.1, -0.05) is 42.5 Å². The van der Waals surface area contributed by atoms with E-state index >= 15 is 0 Å². The lowest BCUT2D eigenvalue weighted by Crippen LogP contribution is -2.53. The summed E-state index contributed by atoms with van der Waals surface area (Å²) in [6.07, 6.45) is 0.325. The quantitative estimate of drug-likeness (QED) is 0.425. The molecule has 3 aromatic rings. The first-order chi connectivity index (χ1) is 16.8. The van der Waals surface area contributed by atoms with Gasteiger partial charge in [-0.05, 0) is 80.1 Å². The number of aryl methyl sites for hydroxylation is 1. The fourth-order valence-corrected chi connectivity index (χ4v) is 5.66. The van der Waals surface area contributed by atoms with Crippen molar-refractivity contribution < 1.29 is 23.0 Å². The molecule has 2 aliphatic heterocycles. The van der Waals surface area contributed by atoms with Gasteiger partial charge in [0.05, 0.1) is 5.56 Å². The monoisotopic (exact) mass is 481 g/mol. The molecule has 0 aliphatic carbocycles. The number of alkyl halides is 3. The van der Waals surface area contributed by atoms with Crippen LogP contribution in [0.3, 0.4) is 0 Å². The molecule has 0 radical (unpaired) electrons. The van der Waals surface area contributed by atoms with Crippen LogP contribution in [0, 0.1) is 0 Å². The molecule has 0 aromatic heterocycles. The van der Waals surface area contributed by atoms with Gasteiger partial charge in [0.15, 0.2) is 0 Å². The molecule has 0 bridgehead atoms. The number of phenolic OH excluding ortho intramolecular Hbond substituents is 1. The fraction of sp³-hybridized carbons (Fsp3) is 0.379. The van der Waals surface area contributed by atoms with Crippen LogP contribution < -0.4 is 4.74 Å². The SMILES string of the molecule is Oc1ccc2c(c1)[C@]1(CCCc3ccccc3)CCN(CCc3ccc(C(F)(F)F)cc3)C[C@@H]1O2. The number of piperidine rings is 1. The first-order valence-electron chi connectivity index (χ1n) is 12.3. The van der Waals surface area contributed by atoms with E-state index in [0.29, 0.717) is 6.42 Å². The summed E-state index contributed by atoms with van der Waals surface area (Å²) in [4.78, 5) is 2.35. The molecule has 1 saturated heterocycles. The molecule has 35 heavy (non-hydrogen) atoms. The second-order valence-corrected chi connectivity index (χ2v) is 9.78. The van der Waals surface area contributed by atoms with Crippen molar-refractivity contribution in [1.82, 2.24) is 4.90 Å². The molecule has 1 N–H and O–H groups in total. The minimum atomic E-state index is -4.31. The third-order valence-corrected chi connectivity index (χ3v) is 7.61. The second-order valence-electron chi connectivity index (χ2n) is 9.78. The summed E-state index contributed by atoms with van der Waals surface area (Å²) in [6, 6.07) is 21.4. The van der Waals surface area contributed by atoms with E-state index in [1.807, 2.05) is 18.2 Å². The van der Waals surface area contributed by atoms with Crippen LogP contribution in [-0.4, -0.2) is 35.7 Å². The van der Waals surface area contributed by atoms with Crippen LogP contribution >= 0.6 is 0 Å². The Morgan fingerprint density at radius 3 is 2.43 bits per heavy atom. The molecule has 3 aromatic carbocycles. The summed E-state index contributed by atoms with van der Waals surface area (Å²) in [7, 11) is 0. The van der Waals surface area contributed by atoms with Gasteiger partial charge in [-0.25, -0.2) is 0 Å². The van der Waals surface area contributed by atoms with Gasteiger partial charge in [-0.2, -0.15) is 13.2 Å². The Hall–Kier alpha value is -2.99. The molecule has 0 unspecified atom stereocenters. The average Bonchev–Trinajstić information content (AvgIpc) is 3.16. The molecule has 0 saturated carbocycles. The Balaban J connectivity index is 1.26. The lowest BCUT2D eigenvalue weighted by atomic mass is 9.68. The second kappa shape index (κ2) is 9.57. The van der Waals surface area contributed by atoms with Crippen molar-refractivity contribution in [3.63, 3.8) is 0 Å². The normalized spacial score (nSPS) is 21.9. The largest absolute Gasteiger partial charge is 0.508 e. The molecule has 1 fully saturated rings. The molecular weight excluding hydrogens is 451 g/mol. The Morgan fingerprint density at radius 1 is 0.943 bits per heavy atom. The van der Waals surface area contributed by atoms with Crippen LogP contribution in [0.1, 0.15) is 41.5 Å². The number of benzene rings is 3. The number of ether oxygens (including phenoxy) is 1. The van der Waals surface area contributed by atoms with Gasteiger partial charge in [0.25, 0.3) is 0 Å². The smallest absolute Gasteiger partial charge is 0.416 e. The van der Waals surface area contributed by atoms with E-state index in [1.54, 1.807) is 18.2 Å². The topological polar surface area (TPSA) is 32.7 Å². The van der Waals surface area contributed by atoms with Crippen molar-refractivity contribution in [2.75, 3.05) is 19.6 Å². The maximum atomic E-state index is 12.8. The lowest BCUT2D eigenvalue weighted by molar-refractivity contribution is -0.137. The number of phenols is 1. The molecule has 184 valence electrons. The zero-order valence-corrected chi connectivity index (χ0v) is 19.6.